The molecule has 1 heterocycles. The SMILES string of the molecule is CNC(Cc1cc(C)cc(C)c1)C1CCCO1. The lowest BCUT2D eigenvalue weighted by Crippen LogP contribution is -2.39. The molecule has 0 aliphatic carbocycles. The smallest absolute Gasteiger partial charge is 0.0732 e. The Labute approximate surface area is 104 Å². The molecule has 1 aliphatic rings. The third kappa shape index (κ3) is 3.30. The number of hydrogen-bond acceptors (Lipinski definition) is 2. The zero-order chi connectivity index (χ0) is 12.3. The van der Waals surface area contributed by atoms with Gasteiger partial charge in [-0.15, -0.1) is 0 Å². The van der Waals surface area contributed by atoms with Gasteiger partial charge < -0.3 is 10.1 Å². The molecule has 1 saturated heterocycles. The van der Waals surface area contributed by atoms with E-state index in [4.69, 9.17) is 4.74 Å². The first-order valence-corrected chi connectivity index (χ1v) is 6.55. The van der Waals surface area contributed by atoms with Crippen LogP contribution >= 0.6 is 0 Å². The fraction of sp³-hybridized carbons (Fsp3) is 0.600. The van der Waals surface area contributed by atoms with Gasteiger partial charge in [-0.3, -0.25) is 0 Å². The Balaban J connectivity index is 2.06. The van der Waals surface area contributed by atoms with Crippen molar-refractivity contribution >= 4 is 0 Å². The number of ether oxygens (including phenoxy) is 1. The summed E-state index contributed by atoms with van der Waals surface area (Å²) in [5.41, 5.74) is 4.11. The number of likely N-dealkylation sites (N-methyl/N-ethyl adjacent to an activating group) is 1. The van der Waals surface area contributed by atoms with E-state index in [0.29, 0.717) is 12.1 Å². The molecule has 1 aromatic carbocycles. The lowest BCUT2D eigenvalue weighted by molar-refractivity contribution is 0.0808. The fourth-order valence-electron chi connectivity index (χ4n) is 2.78. The molecular formula is C15H23NO. The van der Waals surface area contributed by atoms with Crippen molar-refractivity contribution < 1.29 is 4.74 Å². The van der Waals surface area contributed by atoms with Gasteiger partial charge in [0.2, 0.25) is 0 Å². The van der Waals surface area contributed by atoms with E-state index in [1.165, 1.54) is 29.5 Å². The zero-order valence-corrected chi connectivity index (χ0v) is 11.1. The van der Waals surface area contributed by atoms with E-state index in [0.717, 1.165) is 13.0 Å². The largest absolute Gasteiger partial charge is 0.377 e. The van der Waals surface area contributed by atoms with E-state index >= 15 is 0 Å². The first kappa shape index (κ1) is 12.6. The van der Waals surface area contributed by atoms with Crippen molar-refractivity contribution in [3.8, 4) is 0 Å². The lowest BCUT2D eigenvalue weighted by atomic mass is 9.97. The van der Waals surface area contributed by atoms with E-state index in [1.54, 1.807) is 0 Å². The molecular weight excluding hydrogens is 210 g/mol. The van der Waals surface area contributed by atoms with Gasteiger partial charge in [0.15, 0.2) is 0 Å². The maximum atomic E-state index is 5.78. The number of benzene rings is 1. The highest BCUT2D eigenvalue weighted by Gasteiger charge is 2.24. The minimum absolute atomic E-state index is 0.390. The Bertz CT molecular complexity index is 349. The molecule has 1 N–H and O–H groups in total. The standard InChI is InChI=1S/C15H23NO/c1-11-7-12(2)9-13(8-11)10-14(16-3)15-5-4-6-17-15/h7-9,14-16H,4-6,10H2,1-3H3. The average Bonchev–Trinajstić information content (AvgIpc) is 2.77. The van der Waals surface area contributed by atoms with Gasteiger partial charge in [0.05, 0.1) is 6.10 Å². The third-order valence-corrected chi connectivity index (χ3v) is 3.52. The molecule has 1 aliphatic heterocycles. The molecule has 1 fully saturated rings. The molecule has 2 atom stereocenters. The number of aryl methyl sites for hydroxylation is 2. The Morgan fingerprint density at radius 2 is 2.00 bits per heavy atom. The van der Waals surface area contributed by atoms with Crippen LogP contribution in [0.15, 0.2) is 18.2 Å². The van der Waals surface area contributed by atoms with Gasteiger partial charge >= 0.3 is 0 Å². The first-order valence-electron chi connectivity index (χ1n) is 6.55. The first-order chi connectivity index (χ1) is 8.19. The molecule has 0 spiro atoms. The lowest BCUT2D eigenvalue weighted by Gasteiger charge is -2.22. The van der Waals surface area contributed by atoms with Gasteiger partial charge in [0.25, 0.3) is 0 Å². The van der Waals surface area contributed by atoms with Crippen molar-refractivity contribution in [2.24, 2.45) is 0 Å². The molecule has 0 aromatic heterocycles. The maximum Gasteiger partial charge on any atom is 0.0732 e. The van der Waals surface area contributed by atoms with Crippen LogP contribution in [0.4, 0.5) is 0 Å². The Kier molecular flexibility index (Phi) is 4.19. The maximum absolute atomic E-state index is 5.78. The summed E-state index contributed by atoms with van der Waals surface area (Å²) >= 11 is 0. The van der Waals surface area contributed by atoms with Gasteiger partial charge in [0.1, 0.15) is 0 Å². The van der Waals surface area contributed by atoms with Crippen molar-refractivity contribution in [3.63, 3.8) is 0 Å². The highest BCUT2D eigenvalue weighted by Crippen LogP contribution is 2.19. The molecule has 0 saturated carbocycles. The molecule has 2 rings (SSSR count). The van der Waals surface area contributed by atoms with Crippen molar-refractivity contribution in [3.05, 3.63) is 34.9 Å². The van der Waals surface area contributed by atoms with Gasteiger partial charge in [-0.25, -0.2) is 0 Å². The van der Waals surface area contributed by atoms with Crippen LogP contribution in [0.2, 0.25) is 0 Å². The second kappa shape index (κ2) is 5.65. The third-order valence-electron chi connectivity index (χ3n) is 3.52. The van der Waals surface area contributed by atoms with E-state index in [9.17, 15) is 0 Å². The van der Waals surface area contributed by atoms with E-state index in [1.807, 2.05) is 7.05 Å². The highest BCUT2D eigenvalue weighted by atomic mass is 16.5. The molecule has 0 amide bonds. The van der Waals surface area contributed by atoms with E-state index in [2.05, 4.69) is 37.4 Å². The number of rotatable bonds is 4. The summed E-state index contributed by atoms with van der Waals surface area (Å²) in [6.45, 7) is 5.25. The minimum atomic E-state index is 0.390. The highest BCUT2D eigenvalue weighted by molar-refractivity contribution is 5.29. The normalized spacial score (nSPS) is 21.7. The van der Waals surface area contributed by atoms with Crippen LogP contribution in [0, 0.1) is 13.8 Å². The van der Waals surface area contributed by atoms with Crippen molar-refractivity contribution in [1.82, 2.24) is 5.32 Å². The Morgan fingerprint density at radius 3 is 2.53 bits per heavy atom. The molecule has 17 heavy (non-hydrogen) atoms. The monoisotopic (exact) mass is 233 g/mol. The van der Waals surface area contributed by atoms with Crippen LogP contribution in [0.1, 0.15) is 29.5 Å². The van der Waals surface area contributed by atoms with Crippen LogP contribution in [0.25, 0.3) is 0 Å². The molecule has 2 nitrogen and oxygen atoms in total. The van der Waals surface area contributed by atoms with Crippen LogP contribution in [0.5, 0.6) is 0 Å². The zero-order valence-electron chi connectivity index (χ0n) is 11.1. The summed E-state index contributed by atoms with van der Waals surface area (Å²) in [5, 5.41) is 3.41. The van der Waals surface area contributed by atoms with Crippen molar-refractivity contribution in [2.75, 3.05) is 13.7 Å². The number of nitrogens with one attached hydrogen (secondary N) is 1. The molecule has 2 heteroatoms. The van der Waals surface area contributed by atoms with Crippen LogP contribution in [-0.4, -0.2) is 25.8 Å². The predicted molar refractivity (Wildman–Crippen MR) is 71.4 cm³/mol. The van der Waals surface area contributed by atoms with Gasteiger partial charge in [-0.1, -0.05) is 29.3 Å². The predicted octanol–water partition coefficient (Wildman–Crippen LogP) is 2.61. The summed E-state index contributed by atoms with van der Waals surface area (Å²) in [6.07, 6.45) is 3.84. The summed E-state index contributed by atoms with van der Waals surface area (Å²) in [6, 6.07) is 7.24. The molecule has 0 bridgehead atoms. The van der Waals surface area contributed by atoms with Gasteiger partial charge in [0, 0.05) is 12.6 Å². The van der Waals surface area contributed by atoms with Crippen LogP contribution < -0.4 is 5.32 Å². The summed E-state index contributed by atoms with van der Waals surface area (Å²) < 4.78 is 5.78. The quantitative estimate of drug-likeness (QED) is 0.863. The van der Waals surface area contributed by atoms with Gasteiger partial charge in [-0.2, -0.15) is 0 Å². The average molecular weight is 233 g/mol. The minimum Gasteiger partial charge on any atom is -0.377 e. The molecule has 2 unspecified atom stereocenters. The second-order valence-electron chi connectivity index (χ2n) is 5.15. The molecule has 94 valence electrons. The summed E-state index contributed by atoms with van der Waals surface area (Å²) in [5.74, 6) is 0. The topological polar surface area (TPSA) is 21.3 Å². The van der Waals surface area contributed by atoms with Crippen LogP contribution in [-0.2, 0) is 11.2 Å². The van der Waals surface area contributed by atoms with Crippen LogP contribution in [0.3, 0.4) is 0 Å². The Hall–Kier alpha value is -0.860. The summed E-state index contributed by atoms with van der Waals surface area (Å²) in [7, 11) is 2.04. The fourth-order valence-corrected chi connectivity index (χ4v) is 2.78. The van der Waals surface area contributed by atoms with Gasteiger partial charge in [-0.05, 0) is 45.7 Å². The van der Waals surface area contributed by atoms with E-state index in [-0.39, 0.29) is 0 Å². The van der Waals surface area contributed by atoms with Crippen molar-refractivity contribution in [1.29, 1.82) is 0 Å². The molecule has 0 radical (unpaired) electrons. The second-order valence-corrected chi connectivity index (χ2v) is 5.15. The Morgan fingerprint density at radius 1 is 1.29 bits per heavy atom. The summed E-state index contributed by atoms with van der Waals surface area (Å²) in [4.78, 5) is 0. The van der Waals surface area contributed by atoms with Crippen molar-refractivity contribution in [2.45, 2.75) is 45.3 Å². The van der Waals surface area contributed by atoms with E-state index < -0.39 is 0 Å². The number of hydrogen-bond donors (Lipinski definition) is 1. The molecule has 1 aromatic rings.